The average molecular weight is 200 g/mol. The van der Waals surface area contributed by atoms with Crippen LogP contribution in [0.4, 0.5) is 10.1 Å². The summed E-state index contributed by atoms with van der Waals surface area (Å²) in [6.45, 7) is 0.597. The van der Waals surface area contributed by atoms with Crippen LogP contribution >= 0.6 is 0 Å². The minimum atomic E-state index is -0.722. The van der Waals surface area contributed by atoms with E-state index in [0.717, 1.165) is 16.8 Å². The quantitative estimate of drug-likeness (QED) is 0.540. The number of alkyl halides is 1. The molecule has 0 aromatic carbocycles. The Kier molecular flexibility index (Phi) is 2.95. The van der Waals surface area contributed by atoms with Crippen molar-refractivity contribution in [1.29, 1.82) is 0 Å². The summed E-state index contributed by atoms with van der Waals surface area (Å²) < 4.78 is 13.0. The minimum Gasteiger partial charge on any atom is -0.306 e. The van der Waals surface area contributed by atoms with E-state index in [9.17, 15) is 19.3 Å². The molecule has 0 amide bonds. The SMILES string of the molecule is Cc1cc(=O)n(CCF)cc1[N+](=O)[O-]. The van der Waals surface area contributed by atoms with Gasteiger partial charge in [-0.05, 0) is 6.92 Å². The van der Waals surface area contributed by atoms with Crippen molar-refractivity contribution in [3.8, 4) is 0 Å². The number of aromatic nitrogens is 1. The molecule has 0 saturated carbocycles. The maximum absolute atomic E-state index is 12.0. The summed E-state index contributed by atoms with van der Waals surface area (Å²) in [4.78, 5) is 21.1. The van der Waals surface area contributed by atoms with Crippen LogP contribution in [0.2, 0.25) is 0 Å². The molecule has 0 radical (unpaired) electrons. The molecule has 0 bridgehead atoms. The lowest BCUT2D eigenvalue weighted by Crippen LogP contribution is -2.20. The van der Waals surface area contributed by atoms with Crippen molar-refractivity contribution >= 4 is 5.69 Å². The van der Waals surface area contributed by atoms with Gasteiger partial charge in [-0.3, -0.25) is 14.9 Å². The molecule has 1 heterocycles. The Morgan fingerprint density at radius 2 is 2.29 bits per heavy atom. The number of pyridine rings is 1. The van der Waals surface area contributed by atoms with E-state index < -0.39 is 17.2 Å². The summed E-state index contributed by atoms with van der Waals surface area (Å²) in [5.74, 6) is 0. The van der Waals surface area contributed by atoms with Gasteiger partial charge in [0.05, 0.1) is 17.7 Å². The highest BCUT2D eigenvalue weighted by Gasteiger charge is 2.12. The minimum absolute atomic E-state index is 0.153. The van der Waals surface area contributed by atoms with Gasteiger partial charge in [0, 0.05) is 11.6 Å². The van der Waals surface area contributed by atoms with Crippen molar-refractivity contribution in [2.24, 2.45) is 0 Å². The van der Waals surface area contributed by atoms with Gasteiger partial charge >= 0.3 is 0 Å². The van der Waals surface area contributed by atoms with Gasteiger partial charge in [0.15, 0.2) is 0 Å². The molecule has 0 aliphatic carbocycles. The molecule has 0 saturated heterocycles. The second-order valence-corrected chi connectivity index (χ2v) is 2.82. The van der Waals surface area contributed by atoms with Crippen LogP contribution in [0.25, 0.3) is 0 Å². The van der Waals surface area contributed by atoms with Crippen molar-refractivity contribution < 1.29 is 9.31 Å². The molecule has 0 unspecified atom stereocenters. The first-order valence-corrected chi connectivity index (χ1v) is 3.97. The molecule has 0 spiro atoms. The van der Waals surface area contributed by atoms with Crippen LogP contribution < -0.4 is 5.56 Å². The van der Waals surface area contributed by atoms with E-state index in [1.807, 2.05) is 0 Å². The second-order valence-electron chi connectivity index (χ2n) is 2.82. The zero-order chi connectivity index (χ0) is 10.7. The van der Waals surface area contributed by atoms with Gasteiger partial charge in [0.25, 0.3) is 11.2 Å². The summed E-state index contributed by atoms with van der Waals surface area (Å²) >= 11 is 0. The van der Waals surface area contributed by atoms with Gasteiger partial charge in [0.1, 0.15) is 6.67 Å². The molecule has 1 rings (SSSR count). The van der Waals surface area contributed by atoms with E-state index in [2.05, 4.69) is 0 Å². The summed E-state index contributed by atoms with van der Waals surface area (Å²) in [6.07, 6.45) is 1.07. The Morgan fingerprint density at radius 1 is 1.64 bits per heavy atom. The Hall–Kier alpha value is -1.72. The fourth-order valence-electron chi connectivity index (χ4n) is 1.11. The van der Waals surface area contributed by atoms with Crippen molar-refractivity contribution in [3.63, 3.8) is 0 Å². The molecule has 0 fully saturated rings. The molecule has 0 N–H and O–H groups in total. The molecular weight excluding hydrogens is 191 g/mol. The van der Waals surface area contributed by atoms with Crippen molar-refractivity contribution in [1.82, 2.24) is 4.57 Å². The number of hydrogen-bond donors (Lipinski definition) is 0. The van der Waals surface area contributed by atoms with Crippen LogP contribution in [-0.4, -0.2) is 16.2 Å². The van der Waals surface area contributed by atoms with Gasteiger partial charge in [-0.25, -0.2) is 4.39 Å². The van der Waals surface area contributed by atoms with Crippen LogP contribution in [0, 0.1) is 17.0 Å². The highest BCUT2D eigenvalue weighted by Crippen LogP contribution is 2.13. The van der Waals surface area contributed by atoms with E-state index in [0.29, 0.717) is 0 Å². The smallest absolute Gasteiger partial charge is 0.288 e. The topological polar surface area (TPSA) is 65.1 Å². The highest BCUT2D eigenvalue weighted by atomic mass is 19.1. The average Bonchev–Trinajstić information content (AvgIpc) is 2.09. The summed E-state index contributed by atoms with van der Waals surface area (Å²) in [7, 11) is 0. The van der Waals surface area contributed by atoms with Crippen LogP contribution in [-0.2, 0) is 6.54 Å². The lowest BCUT2D eigenvalue weighted by atomic mass is 10.2. The molecule has 76 valence electrons. The zero-order valence-electron chi connectivity index (χ0n) is 7.57. The van der Waals surface area contributed by atoms with Crippen LogP contribution in [0.5, 0.6) is 0 Å². The Morgan fingerprint density at radius 3 is 2.79 bits per heavy atom. The van der Waals surface area contributed by atoms with E-state index >= 15 is 0 Å². The third-order valence-corrected chi connectivity index (χ3v) is 1.83. The number of hydrogen-bond acceptors (Lipinski definition) is 3. The van der Waals surface area contributed by atoms with Crippen LogP contribution in [0.15, 0.2) is 17.1 Å². The van der Waals surface area contributed by atoms with E-state index in [1.165, 1.54) is 6.92 Å². The number of nitrogens with zero attached hydrogens (tertiary/aromatic N) is 2. The van der Waals surface area contributed by atoms with E-state index in [4.69, 9.17) is 0 Å². The molecule has 0 aliphatic heterocycles. The second kappa shape index (κ2) is 3.99. The molecule has 0 atom stereocenters. The fourth-order valence-corrected chi connectivity index (χ4v) is 1.11. The molecular formula is C8H9FN2O3. The van der Waals surface area contributed by atoms with Gasteiger partial charge in [-0.15, -0.1) is 0 Å². The van der Waals surface area contributed by atoms with Gasteiger partial charge in [-0.2, -0.15) is 0 Å². The Balaban J connectivity index is 3.27. The lowest BCUT2D eigenvalue weighted by molar-refractivity contribution is -0.385. The molecule has 6 heteroatoms. The number of nitro groups is 1. The fraction of sp³-hybridized carbons (Fsp3) is 0.375. The molecule has 14 heavy (non-hydrogen) atoms. The zero-order valence-corrected chi connectivity index (χ0v) is 7.57. The van der Waals surface area contributed by atoms with E-state index in [1.54, 1.807) is 0 Å². The first-order valence-electron chi connectivity index (χ1n) is 3.97. The van der Waals surface area contributed by atoms with Crippen LogP contribution in [0.1, 0.15) is 5.56 Å². The summed E-state index contributed by atoms with van der Waals surface area (Å²) in [5.41, 5.74) is -0.307. The standard InChI is InChI=1S/C8H9FN2O3/c1-6-4-8(12)10(3-2-9)5-7(6)11(13)14/h4-5H,2-3H2,1H3. The van der Waals surface area contributed by atoms with Gasteiger partial charge in [0.2, 0.25) is 0 Å². The largest absolute Gasteiger partial charge is 0.306 e. The normalized spacial score (nSPS) is 10.1. The predicted octanol–water partition coefficient (Wildman–Crippen LogP) is 1.03. The Labute approximate surface area is 78.9 Å². The van der Waals surface area contributed by atoms with Crippen LogP contribution in [0.3, 0.4) is 0 Å². The first-order chi connectivity index (χ1) is 6.56. The van der Waals surface area contributed by atoms with Crippen molar-refractivity contribution in [2.75, 3.05) is 6.67 Å². The number of halogens is 1. The molecule has 5 nitrogen and oxygen atoms in total. The van der Waals surface area contributed by atoms with Gasteiger partial charge in [-0.1, -0.05) is 0 Å². The monoisotopic (exact) mass is 200 g/mol. The Bertz CT molecular complexity index is 414. The maximum Gasteiger partial charge on any atom is 0.288 e. The number of aryl methyl sites for hydroxylation is 2. The predicted molar refractivity (Wildman–Crippen MR) is 48.1 cm³/mol. The van der Waals surface area contributed by atoms with Crippen molar-refractivity contribution in [2.45, 2.75) is 13.5 Å². The third kappa shape index (κ3) is 1.95. The lowest BCUT2D eigenvalue weighted by Gasteiger charge is -2.03. The summed E-state index contributed by atoms with van der Waals surface area (Å²) in [6, 6.07) is 1.13. The van der Waals surface area contributed by atoms with Crippen molar-refractivity contribution in [3.05, 3.63) is 38.3 Å². The third-order valence-electron chi connectivity index (χ3n) is 1.83. The number of rotatable bonds is 3. The van der Waals surface area contributed by atoms with E-state index in [-0.39, 0.29) is 17.8 Å². The summed E-state index contributed by atoms with van der Waals surface area (Å²) in [5, 5.41) is 10.5. The van der Waals surface area contributed by atoms with Gasteiger partial charge < -0.3 is 4.57 Å². The first kappa shape index (κ1) is 10.4. The molecule has 1 aromatic heterocycles. The highest BCUT2D eigenvalue weighted by molar-refractivity contribution is 5.35. The molecule has 0 aliphatic rings. The molecule has 1 aromatic rings. The maximum atomic E-state index is 12.0.